The number of anilines is 2. The van der Waals surface area contributed by atoms with Crippen molar-refractivity contribution in [3.05, 3.63) is 129 Å². The van der Waals surface area contributed by atoms with Crippen LogP contribution in [-0.4, -0.2) is 117 Å². The molecule has 6 heterocycles. The minimum atomic E-state index is -5.02. The molecule has 0 bridgehead atoms. The summed E-state index contributed by atoms with van der Waals surface area (Å²) in [6.45, 7) is 8.67. The fourth-order valence-electron chi connectivity index (χ4n) is 11.9. The SMILES string of the molecule is COc1ccc(CN2CCN(C3CC4(CCN(c5cc(Oc6cnc7[nH]ccc7c6)c(C(=O)NS(=O)(=O)c6cc([N+](=O)[O-])c(NCC7(F)CCOCC7)c7c6OCO7)cc5F)CC4)C3)[C@H](c3ccccc3C(C)C)C2)cc1. The predicted molar refractivity (Wildman–Crippen MR) is 284 cm³/mol. The lowest BCUT2D eigenvalue weighted by molar-refractivity contribution is -0.384. The first kappa shape index (κ1) is 52.0. The zero-order valence-corrected chi connectivity index (χ0v) is 44.0. The molecule has 1 spiro atoms. The average molecular weight is 1080 g/mol. The molecule has 3 N–H and O–H groups in total. The van der Waals surface area contributed by atoms with E-state index < -0.39 is 61.0 Å². The highest BCUT2D eigenvalue weighted by Gasteiger charge is 2.50. The number of carbonyl (C=O) groups excluding carboxylic acids is 1. The number of H-pyrrole nitrogens is 1. The van der Waals surface area contributed by atoms with E-state index in [2.05, 4.69) is 75.3 Å². The van der Waals surface area contributed by atoms with Gasteiger partial charge >= 0.3 is 0 Å². The molecule has 4 fully saturated rings. The first-order chi connectivity index (χ1) is 37.1. The van der Waals surface area contributed by atoms with E-state index in [1.54, 1.807) is 25.4 Å². The first-order valence-electron chi connectivity index (χ1n) is 26.2. The number of benzene rings is 4. The van der Waals surface area contributed by atoms with Crippen LogP contribution in [0.4, 0.5) is 25.8 Å². The summed E-state index contributed by atoms with van der Waals surface area (Å²) in [7, 11) is -3.33. The van der Waals surface area contributed by atoms with Crippen molar-refractivity contribution in [2.24, 2.45) is 5.41 Å². The number of aromatic amines is 1. The molecule has 1 amide bonds. The second kappa shape index (κ2) is 21.0. The number of carbonyl (C=O) groups is 1. The van der Waals surface area contributed by atoms with Gasteiger partial charge in [0.05, 0.1) is 29.5 Å². The summed E-state index contributed by atoms with van der Waals surface area (Å²) < 4.78 is 90.7. The maximum absolute atomic E-state index is 16.7. The van der Waals surface area contributed by atoms with Gasteiger partial charge in [-0.25, -0.2) is 26.9 Å². The topological polar surface area (TPSA) is 203 Å². The molecule has 1 aliphatic carbocycles. The Morgan fingerprint density at radius 3 is 2.45 bits per heavy atom. The van der Waals surface area contributed by atoms with E-state index in [0.717, 1.165) is 63.7 Å². The van der Waals surface area contributed by atoms with Crippen LogP contribution < -0.4 is 33.9 Å². The zero-order chi connectivity index (χ0) is 53.6. The molecule has 0 radical (unpaired) electrons. The van der Waals surface area contributed by atoms with E-state index in [1.165, 1.54) is 29.0 Å². The fraction of sp³-hybridized carbons (Fsp3) is 0.429. The number of aromatic nitrogens is 2. The number of piperazine rings is 1. The van der Waals surface area contributed by atoms with E-state index in [4.69, 9.17) is 23.7 Å². The van der Waals surface area contributed by atoms with Gasteiger partial charge in [-0.05, 0) is 84.0 Å². The Morgan fingerprint density at radius 2 is 1.71 bits per heavy atom. The number of nitro benzene ring substituents is 1. The van der Waals surface area contributed by atoms with Gasteiger partial charge in [0.2, 0.25) is 6.79 Å². The Hall–Kier alpha value is -7.07. The number of pyridine rings is 1. The van der Waals surface area contributed by atoms with Gasteiger partial charge in [-0.1, -0.05) is 50.2 Å². The predicted octanol–water partition coefficient (Wildman–Crippen LogP) is 9.62. The molecule has 4 aromatic carbocycles. The number of sulfonamides is 1. The molecular formula is C56H62F2N8O10S. The van der Waals surface area contributed by atoms with Crippen molar-refractivity contribution >= 4 is 44.0 Å². The van der Waals surface area contributed by atoms with E-state index in [0.29, 0.717) is 42.1 Å². The number of amides is 1. The Balaban J connectivity index is 0.820. The van der Waals surface area contributed by atoms with Gasteiger partial charge in [0.1, 0.15) is 39.3 Å². The molecule has 18 nitrogen and oxygen atoms in total. The van der Waals surface area contributed by atoms with Crippen molar-refractivity contribution in [2.75, 3.05) is 76.6 Å². The minimum Gasteiger partial charge on any atom is -0.497 e. The number of nitro groups is 1. The van der Waals surface area contributed by atoms with E-state index in [1.807, 2.05) is 21.8 Å². The van der Waals surface area contributed by atoms with Crippen molar-refractivity contribution in [3.8, 4) is 28.7 Å². The highest BCUT2D eigenvalue weighted by Crippen LogP contribution is 2.54. The quantitative estimate of drug-likeness (QED) is 0.0610. The van der Waals surface area contributed by atoms with Gasteiger partial charge in [0.25, 0.3) is 21.6 Å². The largest absolute Gasteiger partial charge is 0.497 e. The summed E-state index contributed by atoms with van der Waals surface area (Å²) in [6, 6.07) is 24.3. The number of methoxy groups -OCH3 is 1. The molecule has 77 heavy (non-hydrogen) atoms. The maximum Gasteiger partial charge on any atom is 0.297 e. The number of hydrogen-bond donors (Lipinski definition) is 3. The highest BCUT2D eigenvalue weighted by molar-refractivity contribution is 7.90. The van der Waals surface area contributed by atoms with Crippen molar-refractivity contribution in [3.63, 3.8) is 0 Å². The molecule has 0 unspecified atom stereocenters. The Morgan fingerprint density at radius 1 is 0.961 bits per heavy atom. The lowest BCUT2D eigenvalue weighted by Crippen LogP contribution is -2.60. The second-order valence-electron chi connectivity index (χ2n) is 21.3. The number of rotatable bonds is 16. The third-order valence-corrected chi connectivity index (χ3v) is 17.5. The van der Waals surface area contributed by atoms with Gasteiger partial charge < -0.3 is 38.9 Å². The number of halogens is 2. The molecule has 1 atom stereocenters. The summed E-state index contributed by atoms with van der Waals surface area (Å²) in [4.78, 5) is 39.7. The lowest BCUT2D eigenvalue weighted by atomic mass is 9.59. The molecule has 1 saturated carbocycles. The normalized spacial score (nSPS) is 19.6. The first-order valence-corrected chi connectivity index (χ1v) is 27.6. The third-order valence-electron chi connectivity index (χ3n) is 16.2. The van der Waals surface area contributed by atoms with Crippen LogP contribution in [0, 0.1) is 21.3 Å². The molecule has 11 rings (SSSR count). The van der Waals surface area contributed by atoms with Gasteiger partial charge in [0.15, 0.2) is 17.2 Å². The average Bonchev–Trinajstić information content (AvgIpc) is 4.18. The van der Waals surface area contributed by atoms with E-state index in [-0.39, 0.29) is 72.7 Å². The summed E-state index contributed by atoms with van der Waals surface area (Å²) in [5, 5.41) is 15.9. The monoisotopic (exact) mass is 1080 g/mol. The van der Waals surface area contributed by atoms with Crippen molar-refractivity contribution in [1.82, 2.24) is 24.5 Å². The van der Waals surface area contributed by atoms with Gasteiger partial charge in [-0.3, -0.25) is 24.7 Å². The van der Waals surface area contributed by atoms with Crippen LogP contribution in [0.15, 0.2) is 96.2 Å². The van der Waals surface area contributed by atoms with Gasteiger partial charge in [-0.2, -0.15) is 0 Å². The summed E-state index contributed by atoms with van der Waals surface area (Å²) in [5.74, 6) is -1.58. The number of hydrogen-bond acceptors (Lipinski definition) is 15. The Bertz CT molecular complexity index is 3300. The van der Waals surface area contributed by atoms with Gasteiger partial charge in [0, 0.05) is 108 Å². The summed E-state index contributed by atoms with van der Waals surface area (Å²) >= 11 is 0. The lowest BCUT2D eigenvalue weighted by Gasteiger charge is -2.58. The molecule has 5 aliphatic rings. The molecule has 2 aromatic heterocycles. The van der Waals surface area contributed by atoms with E-state index >= 15 is 8.78 Å². The molecule has 406 valence electrons. The van der Waals surface area contributed by atoms with Crippen molar-refractivity contribution < 1.29 is 50.6 Å². The van der Waals surface area contributed by atoms with Crippen LogP contribution in [0.2, 0.25) is 0 Å². The van der Waals surface area contributed by atoms with Crippen LogP contribution in [0.25, 0.3) is 11.0 Å². The van der Waals surface area contributed by atoms with Crippen LogP contribution >= 0.6 is 0 Å². The van der Waals surface area contributed by atoms with Crippen molar-refractivity contribution in [1.29, 1.82) is 0 Å². The number of nitrogens with one attached hydrogen (secondary N) is 3. The fourth-order valence-corrected chi connectivity index (χ4v) is 13.1. The number of fused-ring (bicyclic) bond motifs is 2. The van der Waals surface area contributed by atoms with Crippen LogP contribution in [-0.2, 0) is 21.3 Å². The summed E-state index contributed by atoms with van der Waals surface area (Å²) in [6.07, 6.45) is 6.89. The molecule has 3 saturated heterocycles. The highest BCUT2D eigenvalue weighted by atomic mass is 32.2. The zero-order valence-electron chi connectivity index (χ0n) is 43.2. The van der Waals surface area contributed by atoms with Crippen LogP contribution in [0.3, 0.4) is 0 Å². The van der Waals surface area contributed by atoms with E-state index in [9.17, 15) is 23.3 Å². The minimum absolute atomic E-state index is 0.0394. The number of piperidine rings is 1. The molecule has 21 heteroatoms. The van der Waals surface area contributed by atoms with Crippen molar-refractivity contribution in [2.45, 2.75) is 87.5 Å². The molecule has 6 aromatic rings. The van der Waals surface area contributed by atoms with Crippen LogP contribution in [0.1, 0.15) is 91.4 Å². The molecular weight excluding hydrogens is 1010 g/mol. The Kier molecular flexibility index (Phi) is 14.2. The number of ether oxygens (including phenoxy) is 5. The Labute approximate surface area is 445 Å². The van der Waals surface area contributed by atoms with Crippen LogP contribution in [0.5, 0.6) is 28.7 Å². The molecule has 4 aliphatic heterocycles. The number of nitrogens with zero attached hydrogens (tertiary/aromatic N) is 5. The van der Waals surface area contributed by atoms with Gasteiger partial charge in [-0.15, -0.1) is 0 Å². The number of alkyl halides is 1. The maximum atomic E-state index is 16.7. The second-order valence-corrected chi connectivity index (χ2v) is 23.0. The third kappa shape index (κ3) is 10.6. The smallest absolute Gasteiger partial charge is 0.297 e. The standard InChI is InChI=1S/C56H62F2N8O10S/c1-35(2)41-6-4-5-7-42(41)47-32-63(31-36-8-10-39(72-3)11-9-36)20-21-65(47)38-28-55(29-38)13-18-64(19-14-55)45-26-48(76-40-24-37-12-17-59-53(37)60-30-40)43(25-44(45)57)54(67)62-77(70,71)49-27-46(66(68)69)50(52-51(49)74-34-75-52)61-33-56(58)15-22-73-23-16-56/h4-12,17,24-27,30,35,38,47,61H,13-16,18-23,28-29,31-34H2,1-3H3,(H,59,60)(H,62,67)/t47-/m0/s1. The summed E-state index contributed by atoms with van der Waals surface area (Å²) in [5.41, 5.74) is 1.54.